The zero-order valence-electron chi connectivity index (χ0n) is 9.99. The minimum absolute atomic E-state index is 0.0941. The molecule has 2 rings (SSSR count). The molecule has 1 heterocycles. The third kappa shape index (κ3) is 3.11. The van der Waals surface area contributed by atoms with Crippen LogP contribution in [0.25, 0.3) is 0 Å². The molecule has 0 saturated heterocycles. The first-order chi connectivity index (χ1) is 8.68. The van der Waals surface area contributed by atoms with E-state index in [4.69, 9.17) is 0 Å². The summed E-state index contributed by atoms with van der Waals surface area (Å²) in [5.41, 5.74) is 0.0941. The predicted octanol–water partition coefficient (Wildman–Crippen LogP) is 3.31. The largest absolute Gasteiger partial charge is 0.310 e. The van der Waals surface area contributed by atoms with E-state index >= 15 is 0 Å². The molecule has 1 N–H and O–H groups in total. The Balaban J connectivity index is 1.93. The van der Waals surface area contributed by atoms with Gasteiger partial charge >= 0.3 is 0 Å². The second-order valence-electron chi connectivity index (χ2n) is 3.99. The van der Waals surface area contributed by atoms with Gasteiger partial charge in [0.2, 0.25) is 0 Å². The summed E-state index contributed by atoms with van der Waals surface area (Å²) in [5, 5.41) is 6.03. The molecule has 2 nitrogen and oxygen atoms in total. The topological polar surface area (TPSA) is 24.9 Å². The van der Waals surface area contributed by atoms with E-state index in [1.807, 2.05) is 5.38 Å². The summed E-state index contributed by atoms with van der Waals surface area (Å²) < 4.78 is 27.0. The molecule has 1 aromatic carbocycles. The van der Waals surface area contributed by atoms with Gasteiger partial charge in [-0.1, -0.05) is 6.07 Å². The van der Waals surface area contributed by atoms with Crippen molar-refractivity contribution in [3.05, 3.63) is 52.0 Å². The first kappa shape index (κ1) is 13.1. The number of nitrogens with zero attached hydrogens (tertiary/aromatic N) is 1. The molecule has 0 saturated carbocycles. The summed E-state index contributed by atoms with van der Waals surface area (Å²) in [6, 6.07) is 3.57. The smallest absolute Gasteiger partial charge is 0.130 e. The number of aromatic nitrogens is 1. The number of thiazole rings is 1. The van der Waals surface area contributed by atoms with Gasteiger partial charge in [0.05, 0.1) is 5.01 Å². The lowest BCUT2D eigenvalue weighted by Gasteiger charge is -2.15. The lowest BCUT2D eigenvalue weighted by molar-refractivity contribution is 0.490. The molecule has 1 atom stereocenters. The molecule has 1 unspecified atom stereocenters. The van der Waals surface area contributed by atoms with E-state index in [-0.39, 0.29) is 11.6 Å². The minimum Gasteiger partial charge on any atom is -0.310 e. The van der Waals surface area contributed by atoms with Crippen molar-refractivity contribution in [2.45, 2.75) is 19.4 Å². The third-order valence-corrected chi connectivity index (χ3v) is 3.54. The fourth-order valence-electron chi connectivity index (χ4n) is 1.80. The van der Waals surface area contributed by atoms with Crippen molar-refractivity contribution in [1.82, 2.24) is 10.3 Å². The fraction of sp³-hybridized carbons (Fsp3) is 0.308. The molecule has 0 spiro atoms. The van der Waals surface area contributed by atoms with Crippen LogP contribution in [0.5, 0.6) is 0 Å². The van der Waals surface area contributed by atoms with Crippen LogP contribution in [0.4, 0.5) is 8.78 Å². The van der Waals surface area contributed by atoms with E-state index in [2.05, 4.69) is 10.3 Å². The molecule has 5 heteroatoms. The van der Waals surface area contributed by atoms with Gasteiger partial charge in [-0.05, 0) is 19.1 Å². The molecule has 0 radical (unpaired) electrons. The van der Waals surface area contributed by atoms with Crippen LogP contribution in [-0.4, -0.2) is 11.5 Å². The molecule has 0 bridgehead atoms. The molecule has 96 valence electrons. The van der Waals surface area contributed by atoms with Gasteiger partial charge in [-0.25, -0.2) is 13.8 Å². The Labute approximate surface area is 109 Å². The maximum absolute atomic E-state index is 13.5. The highest BCUT2D eigenvalue weighted by atomic mass is 32.1. The van der Waals surface area contributed by atoms with Gasteiger partial charge in [-0.15, -0.1) is 11.3 Å². The Morgan fingerprint density at radius 2 is 2.06 bits per heavy atom. The summed E-state index contributed by atoms with van der Waals surface area (Å²) in [6.07, 6.45) is 2.51. The van der Waals surface area contributed by atoms with Crippen LogP contribution >= 0.6 is 11.3 Å². The molecule has 1 aromatic heterocycles. The van der Waals surface area contributed by atoms with Crippen LogP contribution in [0, 0.1) is 11.6 Å². The van der Waals surface area contributed by atoms with Crippen molar-refractivity contribution < 1.29 is 8.78 Å². The Kier molecular flexibility index (Phi) is 4.38. The van der Waals surface area contributed by atoms with Gasteiger partial charge in [-0.2, -0.15) is 0 Å². The van der Waals surface area contributed by atoms with Crippen molar-refractivity contribution in [3.8, 4) is 0 Å². The van der Waals surface area contributed by atoms with Crippen LogP contribution in [0.1, 0.15) is 23.5 Å². The van der Waals surface area contributed by atoms with Crippen LogP contribution in [-0.2, 0) is 6.42 Å². The van der Waals surface area contributed by atoms with Gasteiger partial charge in [-0.3, -0.25) is 0 Å². The maximum atomic E-state index is 13.5. The Hall–Kier alpha value is -1.33. The zero-order chi connectivity index (χ0) is 13.0. The van der Waals surface area contributed by atoms with Crippen molar-refractivity contribution >= 4 is 11.3 Å². The van der Waals surface area contributed by atoms with E-state index in [0.29, 0.717) is 6.54 Å². The Bertz CT molecular complexity index is 479. The number of hydrogen-bond acceptors (Lipinski definition) is 3. The van der Waals surface area contributed by atoms with Crippen LogP contribution < -0.4 is 5.32 Å². The second-order valence-corrected chi connectivity index (χ2v) is 4.97. The molecule has 0 aliphatic heterocycles. The van der Waals surface area contributed by atoms with Gasteiger partial charge in [0.1, 0.15) is 11.6 Å². The molecule has 2 aromatic rings. The highest BCUT2D eigenvalue weighted by Gasteiger charge is 2.15. The predicted molar refractivity (Wildman–Crippen MR) is 68.6 cm³/mol. The second kappa shape index (κ2) is 6.02. The standard InChI is InChI=1S/C13H14F2N2S/c1-9(13-10(14)3-2-4-11(13)15)16-6-5-12-17-7-8-18-12/h2-4,7-9,16H,5-6H2,1H3. The minimum atomic E-state index is -0.510. The quantitative estimate of drug-likeness (QED) is 0.900. The third-order valence-electron chi connectivity index (χ3n) is 2.71. The Morgan fingerprint density at radius 3 is 2.67 bits per heavy atom. The summed E-state index contributed by atoms with van der Waals surface area (Å²) in [4.78, 5) is 4.15. The van der Waals surface area contributed by atoms with Crippen LogP contribution in [0.2, 0.25) is 0 Å². The summed E-state index contributed by atoms with van der Waals surface area (Å²) in [5.74, 6) is -1.02. The molecule has 0 fully saturated rings. The molecule has 0 aliphatic rings. The van der Waals surface area contributed by atoms with Crippen molar-refractivity contribution in [1.29, 1.82) is 0 Å². The lowest BCUT2D eigenvalue weighted by atomic mass is 10.1. The van der Waals surface area contributed by atoms with E-state index in [1.54, 1.807) is 24.5 Å². The SMILES string of the molecule is CC(NCCc1nccs1)c1c(F)cccc1F. The molecular weight excluding hydrogens is 254 g/mol. The van der Waals surface area contributed by atoms with Crippen LogP contribution in [0.3, 0.4) is 0 Å². The molecular formula is C13H14F2N2S. The van der Waals surface area contributed by atoms with Gasteiger partial charge in [0.25, 0.3) is 0 Å². The lowest BCUT2D eigenvalue weighted by Crippen LogP contribution is -2.23. The first-order valence-corrected chi connectivity index (χ1v) is 6.62. The number of halogens is 2. The van der Waals surface area contributed by atoms with Crippen molar-refractivity contribution in [3.63, 3.8) is 0 Å². The van der Waals surface area contributed by atoms with E-state index in [9.17, 15) is 8.78 Å². The summed E-state index contributed by atoms with van der Waals surface area (Å²) >= 11 is 1.58. The number of rotatable bonds is 5. The van der Waals surface area contributed by atoms with Gasteiger partial charge in [0.15, 0.2) is 0 Å². The maximum Gasteiger partial charge on any atom is 0.130 e. The number of benzene rings is 1. The average molecular weight is 268 g/mol. The van der Waals surface area contributed by atoms with E-state index in [0.717, 1.165) is 11.4 Å². The molecule has 0 aliphatic carbocycles. The highest BCUT2D eigenvalue weighted by molar-refractivity contribution is 7.09. The average Bonchev–Trinajstić information content (AvgIpc) is 2.82. The first-order valence-electron chi connectivity index (χ1n) is 5.74. The van der Waals surface area contributed by atoms with Gasteiger partial charge in [0, 0.05) is 36.1 Å². The number of hydrogen-bond donors (Lipinski definition) is 1. The number of nitrogens with one attached hydrogen (secondary N) is 1. The zero-order valence-corrected chi connectivity index (χ0v) is 10.8. The molecule has 0 amide bonds. The normalized spacial score (nSPS) is 12.6. The van der Waals surface area contributed by atoms with E-state index < -0.39 is 11.6 Å². The summed E-state index contributed by atoms with van der Waals surface area (Å²) in [7, 11) is 0. The fourth-order valence-corrected chi connectivity index (χ4v) is 2.42. The van der Waals surface area contributed by atoms with Crippen LogP contribution in [0.15, 0.2) is 29.8 Å². The van der Waals surface area contributed by atoms with E-state index in [1.165, 1.54) is 18.2 Å². The monoisotopic (exact) mass is 268 g/mol. The van der Waals surface area contributed by atoms with Crippen molar-refractivity contribution in [2.75, 3.05) is 6.54 Å². The van der Waals surface area contributed by atoms with Crippen molar-refractivity contribution in [2.24, 2.45) is 0 Å². The molecule has 18 heavy (non-hydrogen) atoms. The Morgan fingerprint density at radius 1 is 1.33 bits per heavy atom. The summed E-state index contributed by atoms with van der Waals surface area (Å²) in [6.45, 7) is 2.39. The highest BCUT2D eigenvalue weighted by Crippen LogP contribution is 2.20. The van der Waals surface area contributed by atoms with Gasteiger partial charge < -0.3 is 5.32 Å².